The third kappa shape index (κ3) is 4.44. The van der Waals surface area contributed by atoms with Gasteiger partial charge in [0.25, 0.3) is 0 Å². The molecule has 0 heterocycles. The quantitative estimate of drug-likeness (QED) is 0.327. The second-order valence-corrected chi connectivity index (χ2v) is 10.7. The summed E-state index contributed by atoms with van der Waals surface area (Å²) in [4.78, 5) is 0. The fourth-order valence-corrected chi connectivity index (χ4v) is 8.70. The van der Waals surface area contributed by atoms with E-state index in [0.717, 1.165) is 6.42 Å². The molecular weight excluding hydrogens is 362 g/mol. The van der Waals surface area contributed by atoms with E-state index in [2.05, 4.69) is 114 Å². The van der Waals surface area contributed by atoms with Crippen LogP contribution in [-0.4, -0.2) is 5.54 Å². The minimum Gasteiger partial charge on any atom is -0.280 e. The molecule has 2 heteroatoms. The lowest BCUT2D eigenvalue weighted by molar-refractivity contribution is 1.32. The van der Waals surface area contributed by atoms with Crippen molar-refractivity contribution >= 4 is 31.6 Å². The maximum Gasteiger partial charge on any atom is 0.103 e. The van der Waals surface area contributed by atoms with Crippen molar-refractivity contribution < 1.29 is 0 Å². The lowest BCUT2D eigenvalue weighted by Crippen LogP contribution is -2.12. The molecule has 1 atom stereocenters. The average Bonchev–Trinajstić information content (AvgIpc) is 2.77. The third-order valence-corrected chi connectivity index (χ3v) is 9.64. The van der Waals surface area contributed by atoms with Crippen LogP contribution in [0.15, 0.2) is 115 Å². The molecule has 0 amide bonds. The van der Waals surface area contributed by atoms with E-state index in [9.17, 15) is 0 Å². The molecule has 0 aliphatic heterocycles. The highest BCUT2D eigenvalue weighted by Crippen LogP contribution is 2.54. The van der Waals surface area contributed by atoms with E-state index < -0.39 is 15.5 Å². The highest BCUT2D eigenvalue weighted by Gasteiger charge is 2.24. The molecule has 1 unspecified atom stereocenters. The number of allylic oxidation sites excluding steroid dienone is 7. The van der Waals surface area contributed by atoms with Crippen molar-refractivity contribution in [1.29, 1.82) is 0 Å². The van der Waals surface area contributed by atoms with Gasteiger partial charge >= 0.3 is 0 Å². The molecule has 0 fully saturated rings. The molecular formula is C25H21P2-. The molecule has 0 saturated carbocycles. The van der Waals surface area contributed by atoms with Crippen LogP contribution in [0.3, 0.4) is 0 Å². The van der Waals surface area contributed by atoms with Crippen molar-refractivity contribution in [3.8, 4) is 0 Å². The lowest BCUT2D eigenvalue weighted by atomic mass is 10.2. The summed E-state index contributed by atoms with van der Waals surface area (Å²) in [5.74, 6) is 0. The van der Waals surface area contributed by atoms with E-state index in [1.807, 2.05) is 6.08 Å². The van der Waals surface area contributed by atoms with E-state index >= 15 is 0 Å². The zero-order valence-corrected chi connectivity index (χ0v) is 16.9. The number of hydrogen-bond donors (Lipinski definition) is 0. The molecule has 0 spiro atoms. The van der Waals surface area contributed by atoms with Gasteiger partial charge in [-0.2, -0.15) is 18.2 Å². The minimum atomic E-state index is -0.545. The molecule has 0 aromatic heterocycles. The molecule has 0 saturated heterocycles. The summed E-state index contributed by atoms with van der Waals surface area (Å²) in [5.41, 5.74) is 8.65. The third-order valence-electron chi connectivity index (χ3n) is 4.40. The summed E-state index contributed by atoms with van der Waals surface area (Å²) >= 11 is 0. The van der Waals surface area contributed by atoms with Gasteiger partial charge < -0.3 is 0 Å². The Kier molecular flexibility index (Phi) is 5.93. The van der Waals surface area contributed by atoms with Gasteiger partial charge in [0, 0.05) is 19.2 Å². The SMILES string of the molecule is C1=CC=C[C-]([P+](=CP(c2ccccc2)c2ccccc2)[C-]2C=CCC=C2)C=1. The number of hydrogen-bond acceptors (Lipinski definition) is 0. The first-order chi connectivity index (χ1) is 13.4. The van der Waals surface area contributed by atoms with E-state index in [4.69, 9.17) is 0 Å². The molecule has 132 valence electrons. The van der Waals surface area contributed by atoms with Crippen molar-refractivity contribution in [3.63, 3.8) is 0 Å². The van der Waals surface area contributed by atoms with Crippen LogP contribution in [0.2, 0.25) is 0 Å². The molecule has 0 N–H and O–H groups in total. The van der Waals surface area contributed by atoms with Crippen LogP contribution in [0.5, 0.6) is 0 Å². The topological polar surface area (TPSA) is 0 Å². The van der Waals surface area contributed by atoms with Crippen molar-refractivity contribution in [3.05, 3.63) is 126 Å². The van der Waals surface area contributed by atoms with E-state index in [1.54, 1.807) is 0 Å². The lowest BCUT2D eigenvalue weighted by Gasteiger charge is -2.22. The molecule has 2 aliphatic carbocycles. The summed E-state index contributed by atoms with van der Waals surface area (Å²) in [5, 5.41) is 2.80. The van der Waals surface area contributed by atoms with Gasteiger partial charge in [-0.25, -0.2) is 0 Å². The highest BCUT2D eigenvalue weighted by molar-refractivity contribution is 7.96. The van der Waals surface area contributed by atoms with Gasteiger partial charge in [-0.1, -0.05) is 66.7 Å². The highest BCUT2D eigenvalue weighted by atomic mass is 31.2. The van der Waals surface area contributed by atoms with Crippen molar-refractivity contribution in [2.45, 2.75) is 6.42 Å². The summed E-state index contributed by atoms with van der Waals surface area (Å²) in [6, 6.07) is 21.8. The predicted octanol–water partition coefficient (Wildman–Crippen LogP) is 6.22. The maximum atomic E-state index is 3.28. The fraction of sp³-hybridized carbons (Fsp3) is 0.0400. The van der Waals surface area contributed by atoms with E-state index in [1.165, 1.54) is 21.9 Å². The van der Waals surface area contributed by atoms with E-state index in [0.29, 0.717) is 0 Å². The van der Waals surface area contributed by atoms with Gasteiger partial charge in [0.15, 0.2) is 0 Å². The molecule has 0 bridgehead atoms. The Morgan fingerprint density at radius 1 is 0.815 bits per heavy atom. The second kappa shape index (κ2) is 8.94. The maximum absolute atomic E-state index is 3.28. The standard InChI is InChI=1S/C25H21P2/c1-5-13-22(14-6-1)26(23-15-7-2-8-16-23)21-27(24-17-9-3-10-18-24)25-19-11-4-12-20-25/h1-3,5-9,11-21H,4H2/q-1. The Morgan fingerprint density at radius 2 is 1.44 bits per heavy atom. The Hall–Kier alpha value is -2.48. The first-order valence-corrected chi connectivity index (χ1v) is 11.9. The van der Waals surface area contributed by atoms with Crippen LogP contribution < -0.4 is 10.6 Å². The van der Waals surface area contributed by atoms with Crippen LogP contribution in [0.1, 0.15) is 6.42 Å². The van der Waals surface area contributed by atoms with Crippen molar-refractivity contribution in [2.24, 2.45) is 0 Å². The van der Waals surface area contributed by atoms with Crippen molar-refractivity contribution in [1.82, 2.24) is 0 Å². The molecule has 2 aromatic carbocycles. The Bertz CT molecular complexity index is 891. The van der Waals surface area contributed by atoms with Crippen molar-refractivity contribution in [2.75, 3.05) is 0 Å². The second-order valence-electron chi connectivity index (χ2n) is 6.25. The summed E-state index contributed by atoms with van der Waals surface area (Å²) in [6.45, 7) is 0. The van der Waals surface area contributed by atoms with Gasteiger partial charge in [0.1, 0.15) is 5.54 Å². The minimum absolute atomic E-state index is 0.537. The molecule has 0 nitrogen and oxygen atoms in total. The van der Waals surface area contributed by atoms with Gasteiger partial charge in [0.2, 0.25) is 0 Å². The Labute approximate surface area is 164 Å². The Morgan fingerprint density at radius 3 is 2.00 bits per heavy atom. The normalized spacial score (nSPS) is 15.8. The van der Waals surface area contributed by atoms with Gasteiger partial charge in [-0.15, -0.1) is 30.7 Å². The molecule has 0 radical (unpaired) electrons. The zero-order valence-electron chi connectivity index (χ0n) is 15.1. The zero-order chi connectivity index (χ0) is 18.3. The van der Waals surface area contributed by atoms with Gasteiger partial charge in [-0.05, 0) is 10.6 Å². The monoisotopic (exact) mass is 383 g/mol. The fourth-order valence-electron chi connectivity index (χ4n) is 3.06. The molecule has 2 aromatic rings. The van der Waals surface area contributed by atoms with Crippen LogP contribution in [0.25, 0.3) is 0 Å². The van der Waals surface area contributed by atoms with Crippen LogP contribution >= 0.6 is 15.5 Å². The number of rotatable bonds is 5. The summed E-state index contributed by atoms with van der Waals surface area (Å²) in [7, 11) is -1.08. The largest absolute Gasteiger partial charge is 0.280 e. The van der Waals surface area contributed by atoms with Gasteiger partial charge in [-0.3, -0.25) is 5.73 Å². The van der Waals surface area contributed by atoms with Gasteiger partial charge in [0.05, 0.1) is 7.55 Å². The van der Waals surface area contributed by atoms with Crippen LogP contribution in [0.4, 0.5) is 0 Å². The van der Waals surface area contributed by atoms with Crippen LogP contribution in [0, 0.1) is 11.3 Å². The smallest absolute Gasteiger partial charge is 0.103 e. The van der Waals surface area contributed by atoms with E-state index in [-0.39, 0.29) is 0 Å². The molecule has 2 aliphatic rings. The summed E-state index contributed by atoms with van der Waals surface area (Å²) in [6.07, 6.45) is 18.6. The summed E-state index contributed by atoms with van der Waals surface area (Å²) < 4.78 is 0. The first kappa shape index (κ1) is 17.9. The molecule has 27 heavy (non-hydrogen) atoms. The first-order valence-electron chi connectivity index (χ1n) is 9.11. The Balaban J connectivity index is 1.82. The average molecular weight is 383 g/mol. The predicted molar refractivity (Wildman–Crippen MR) is 123 cm³/mol. The number of benzene rings is 2. The molecule has 4 rings (SSSR count). The van der Waals surface area contributed by atoms with Crippen LogP contribution in [-0.2, 0) is 0 Å².